The molecule has 2 amide bonds. The summed E-state index contributed by atoms with van der Waals surface area (Å²) < 4.78 is 6.73. The van der Waals surface area contributed by atoms with Crippen molar-refractivity contribution < 1.29 is 14.0 Å². The molecule has 0 aliphatic carbocycles. The molecule has 150 valence electrons. The number of carbonyl (C=O) groups is 2. The van der Waals surface area contributed by atoms with E-state index in [4.69, 9.17) is 4.42 Å². The van der Waals surface area contributed by atoms with Gasteiger partial charge < -0.3 is 14.6 Å². The van der Waals surface area contributed by atoms with E-state index in [1.807, 2.05) is 35.2 Å². The zero-order valence-electron chi connectivity index (χ0n) is 16.2. The minimum Gasteiger partial charge on any atom is -0.472 e. The molecule has 1 saturated heterocycles. The van der Waals surface area contributed by atoms with Gasteiger partial charge in [0.1, 0.15) is 6.26 Å². The summed E-state index contributed by atoms with van der Waals surface area (Å²) in [7, 11) is 0. The lowest BCUT2D eigenvalue weighted by Gasteiger charge is -2.32. The smallest absolute Gasteiger partial charge is 0.257 e. The Bertz CT molecular complexity index is 950. The summed E-state index contributed by atoms with van der Waals surface area (Å²) in [5, 5.41) is 7.27. The molecular formula is C22H24N4O3. The lowest BCUT2D eigenvalue weighted by atomic mass is 9.97. The van der Waals surface area contributed by atoms with Crippen LogP contribution in [-0.4, -0.2) is 46.1 Å². The van der Waals surface area contributed by atoms with Crippen molar-refractivity contribution in [2.75, 3.05) is 19.6 Å². The molecule has 2 aromatic heterocycles. The SMILES string of the molecule is O=C(NCC1CCCN(C(=O)c2cnn(Cc3ccccc3)c2)C1)c1ccoc1. The highest BCUT2D eigenvalue weighted by Crippen LogP contribution is 2.18. The monoisotopic (exact) mass is 392 g/mol. The van der Waals surface area contributed by atoms with Crippen LogP contribution < -0.4 is 5.32 Å². The number of hydrogen-bond acceptors (Lipinski definition) is 4. The fourth-order valence-corrected chi connectivity index (χ4v) is 3.66. The van der Waals surface area contributed by atoms with Gasteiger partial charge in [0.25, 0.3) is 11.8 Å². The first-order valence-corrected chi connectivity index (χ1v) is 9.85. The number of amides is 2. The number of aromatic nitrogens is 2. The standard InChI is InChI=1S/C22H24N4O3/c27-21(19-8-10-29-16-19)23-11-18-7-4-9-25(13-18)22(28)20-12-24-26(15-20)14-17-5-2-1-3-6-17/h1-3,5-6,8,10,12,15-16,18H,4,7,9,11,13-14H2,(H,23,27). The highest BCUT2D eigenvalue weighted by Gasteiger charge is 2.25. The highest BCUT2D eigenvalue weighted by atomic mass is 16.3. The highest BCUT2D eigenvalue weighted by molar-refractivity contribution is 5.94. The first kappa shape index (κ1) is 19.0. The summed E-state index contributed by atoms with van der Waals surface area (Å²) in [6.45, 7) is 2.54. The van der Waals surface area contributed by atoms with Gasteiger partial charge >= 0.3 is 0 Å². The van der Waals surface area contributed by atoms with E-state index < -0.39 is 0 Å². The van der Waals surface area contributed by atoms with Crippen LogP contribution in [0.1, 0.15) is 39.1 Å². The van der Waals surface area contributed by atoms with Crippen LogP contribution in [-0.2, 0) is 6.54 Å². The Balaban J connectivity index is 1.32. The van der Waals surface area contributed by atoms with E-state index in [2.05, 4.69) is 10.4 Å². The lowest BCUT2D eigenvalue weighted by molar-refractivity contribution is 0.0671. The summed E-state index contributed by atoms with van der Waals surface area (Å²) in [5.74, 6) is 0.0856. The van der Waals surface area contributed by atoms with Crippen molar-refractivity contribution >= 4 is 11.8 Å². The van der Waals surface area contributed by atoms with Crippen molar-refractivity contribution in [3.8, 4) is 0 Å². The predicted octanol–water partition coefficient (Wildman–Crippen LogP) is 2.81. The van der Waals surface area contributed by atoms with Gasteiger partial charge in [-0.1, -0.05) is 30.3 Å². The molecule has 3 aromatic rings. The first-order valence-electron chi connectivity index (χ1n) is 9.85. The molecule has 7 heteroatoms. The Kier molecular flexibility index (Phi) is 5.74. The van der Waals surface area contributed by atoms with E-state index in [0.29, 0.717) is 30.8 Å². The second-order valence-electron chi connectivity index (χ2n) is 7.39. The van der Waals surface area contributed by atoms with E-state index in [-0.39, 0.29) is 17.7 Å². The van der Waals surface area contributed by atoms with Gasteiger partial charge in [-0.15, -0.1) is 0 Å². The number of nitrogens with one attached hydrogen (secondary N) is 1. The largest absolute Gasteiger partial charge is 0.472 e. The minimum absolute atomic E-state index is 0.00447. The molecule has 0 saturated carbocycles. The van der Waals surface area contributed by atoms with Crippen LogP contribution in [0.25, 0.3) is 0 Å². The van der Waals surface area contributed by atoms with Gasteiger partial charge in [-0.25, -0.2) is 0 Å². The molecule has 1 N–H and O–H groups in total. The van der Waals surface area contributed by atoms with Gasteiger partial charge in [0, 0.05) is 25.8 Å². The molecule has 1 aliphatic rings. The Morgan fingerprint density at radius 3 is 2.83 bits per heavy atom. The van der Waals surface area contributed by atoms with Gasteiger partial charge in [0.15, 0.2) is 0 Å². The fraction of sp³-hybridized carbons (Fsp3) is 0.318. The summed E-state index contributed by atoms with van der Waals surface area (Å²) in [5.41, 5.74) is 2.25. The quantitative estimate of drug-likeness (QED) is 0.700. The molecule has 7 nitrogen and oxygen atoms in total. The molecule has 4 rings (SSSR count). The number of furan rings is 1. The van der Waals surface area contributed by atoms with E-state index in [0.717, 1.165) is 24.9 Å². The number of rotatable bonds is 6. The van der Waals surface area contributed by atoms with Crippen LogP contribution in [0.3, 0.4) is 0 Å². The van der Waals surface area contributed by atoms with Crippen molar-refractivity contribution in [3.63, 3.8) is 0 Å². The topological polar surface area (TPSA) is 80.4 Å². The molecule has 1 atom stereocenters. The maximum atomic E-state index is 12.9. The van der Waals surface area contributed by atoms with E-state index in [1.54, 1.807) is 23.1 Å². The van der Waals surface area contributed by atoms with Crippen LogP contribution in [0.4, 0.5) is 0 Å². The molecule has 1 aromatic carbocycles. The lowest BCUT2D eigenvalue weighted by Crippen LogP contribution is -2.43. The number of carbonyl (C=O) groups excluding carboxylic acids is 2. The number of hydrogen-bond donors (Lipinski definition) is 1. The number of piperidine rings is 1. The molecule has 29 heavy (non-hydrogen) atoms. The van der Waals surface area contributed by atoms with E-state index in [9.17, 15) is 9.59 Å². The van der Waals surface area contributed by atoms with Gasteiger partial charge in [0.05, 0.1) is 30.1 Å². The Labute approximate surface area is 169 Å². The number of benzene rings is 1. The van der Waals surface area contributed by atoms with Crippen molar-refractivity contribution in [2.45, 2.75) is 19.4 Å². The van der Waals surface area contributed by atoms with Crippen molar-refractivity contribution in [1.82, 2.24) is 20.0 Å². The molecule has 0 spiro atoms. The number of nitrogens with zero attached hydrogens (tertiary/aromatic N) is 3. The normalized spacial score (nSPS) is 16.6. The second-order valence-corrected chi connectivity index (χ2v) is 7.39. The van der Waals surface area contributed by atoms with E-state index in [1.165, 1.54) is 12.5 Å². The maximum absolute atomic E-state index is 12.9. The molecule has 3 heterocycles. The Morgan fingerprint density at radius 2 is 2.03 bits per heavy atom. The molecule has 1 fully saturated rings. The van der Waals surface area contributed by atoms with Gasteiger partial charge in [-0.05, 0) is 30.4 Å². The average Bonchev–Trinajstić information content (AvgIpc) is 3.45. The molecular weight excluding hydrogens is 368 g/mol. The third-order valence-corrected chi connectivity index (χ3v) is 5.21. The Morgan fingerprint density at radius 1 is 1.17 bits per heavy atom. The zero-order valence-corrected chi connectivity index (χ0v) is 16.2. The van der Waals surface area contributed by atoms with Crippen molar-refractivity contribution in [2.24, 2.45) is 5.92 Å². The molecule has 1 aliphatic heterocycles. The predicted molar refractivity (Wildman–Crippen MR) is 107 cm³/mol. The van der Waals surface area contributed by atoms with Gasteiger partial charge in [0.2, 0.25) is 0 Å². The van der Waals surface area contributed by atoms with Gasteiger partial charge in [-0.2, -0.15) is 5.10 Å². The van der Waals surface area contributed by atoms with Crippen LogP contribution >= 0.6 is 0 Å². The van der Waals surface area contributed by atoms with Crippen LogP contribution in [0, 0.1) is 5.92 Å². The number of likely N-dealkylation sites (tertiary alicyclic amines) is 1. The average molecular weight is 392 g/mol. The zero-order chi connectivity index (χ0) is 20.1. The summed E-state index contributed by atoms with van der Waals surface area (Å²) in [6, 6.07) is 11.7. The summed E-state index contributed by atoms with van der Waals surface area (Å²) in [4.78, 5) is 26.8. The molecule has 0 radical (unpaired) electrons. The fourth-order valence-electron chi connectivity index (χ4n) is 3.66. The third-order valence-electron chi connectivity index (χ3n) is 5.21. The summed E-state index contributed by atoms with van der Waals surface area (Å²) in [6.07, 6.45) is 8.26. The van der Waals surface area contributed by atoms with Crippen molar-refractivity contribution in [1.29, 1.82) is 0 Å². The molecule has 1 unspecified atom stereocenters. The van der Waals surface area contributed by atoms with Crippen LogP contribution in [0.15, 0.2) is 65.7 Å². The first-order chi connectivity index (χ1) is 14.2. The third kappa shape index (κ3) is 4.74. The van der Waals surface area contributed by atoms with Crippen LogP contribution in [0.2, 0.25) is 0 Å². The van der Waals surface area contributed by atoms with Gasteiger partial charge in [-0.3, -0.25) is 14.3 Å². The van der Waals surface area contributed by atoms with E-state index >= 15 is 0 Å². The van der Waals surface area contributed by atoms with Crippen LogP contribution in [0.5, 0.6) is 0 Å². The minimum atomic E-state index is -0.149. The van der Waals surface area contributed by atoms with Crippen molar-refractivity contribution in [3.05, 3.63) is 78.0 Å². The molecule has 0 bridgehead atoms. The Hall–Kier alpha value is -3.35. The maximum Gasteiger partial charge on any atom is 0.257 e. The summed E-state index contributed by atoms with van der Waals surface area (Å²) >= 11 is 0. The second kappa shape index (κ2) is 8.77.